The molecule has 232 valence electrons. The van der Waals surface area contributed by atoms with Crippen molar-refractivity contribution >= 4 is 23.5 Å². The maximum Gasteiger partial charge on any atom is 0.410 e. The van der Waals surface area contributed by atoms with Crippen LogP contribution >= 0.6 is 0 Å². The minimum Gasteiger partial charge on any atom is -0.444 e. The van der Waals surface area contributed by atoms with E-state index in [2.05, 4.69) is 14.9 Å². The van der Waals surface area contributed by atoms with Gasteiger partial charge in [0.1, 0.15) is 23.6 Å². The number of nitrogens with zero attached hydrogens (tertiary/aromatic N) is 6. The topological polar surface area (TPSA) is 129 Å². The van der Waals surface area contributed by atoms with Gasteiger partial charge in [0.2, 0.25) is 11.6 Å². The second-order valence-electron chi connectivity index (χ2n) is 13.1. The van der Waals surface area contributed by atoms with E-state index in [0.717, 1.165) is 19.3 Å². The van der Waals surface area contributed by atoms with Crippen LogP contribution in [-0.2, 0) is 19.0 Å². The highest BCUT2D eigenvalue weighted by Gasteiger charge is 2.63. The molecule has 0 N–H and O–H groups in total. The number of rotatable bonds is 4. The Morgan fingerprint density at radius 1 is 0.953 bits per heavy atom. The van der Waals surface area contributed by atoms with E-state index in [9.17, 15) is 14.4 Å². The highest BCUT2D eigenvalue weighted by atomic mass is 16.7. The first-order valence-electron chi connectivity index (χ1n) is 15.6. The van der Waals surface area contributed by atoms with E-state index in [1.807, 2.05) is 26.8 Å². The summed E-state index contributed by atoms with van der Waals surface area (Å²) in [4.78, 5) is 58.6. The minimum absolute atomic E-state index is 0.0166. The number of ether oxygens (including phenoxy) is 3. The molecule has 2 atom stereocenters. The van der Waals surface area contributed by atoms with Crippen molar-refractivity contribution in [3.8, 4) is 5.82 Å². The summed E-state index contributed by atoms with van der Waals surface area (Å²) in [5.41, 5.74) is -1.39. The van der Waals surface area contributed by atoms with Gasteiger partial charge in [-0.1, -0.05) is 12.8 Å². The summed E-state index contributed by atoms with van der Waals surface area (Å²) in [5, 5.41) is 0. The van der Waals surface area contributed by atoms with Crippen LogP contribution in [0.4, 0.5) is 10.6 Å². The van der Waals surface area contributed by atoms with Crippen molar-refractivity contribution in [2.45, 2.75) is 83.5 Å². The first kappa shape index (κ1) is 29.7. The van der Waals surface area contributed by atoms with Crippen LogP contribution in [0.1, 0.15) is 82.8 Å². The average Bonchev–Trinajstić information content (AvgIpc) is 3.63. The number of carbonyl (C=O) groups excluding carboxylic acids is 3. The Balaban J connectivity index is 1.28. The third kappa shape index (κ3) is 5.66. The zero-order chi connectivity index (χ0) is 30.2. The third-order valence-electron chi connectivity index (χ3n) is 9.20. The highest BCUT2D eigenvalue weighted by molar-refractivity contribution is 6.11. The molecule has 2 saturated heterocycles. The Hall–Kier alpha value is -3.38. The fourth-order valence-electron chi connectivity index (χ4n) is 7.19. The van der Waals surface area contributed by atoms with Gasteiger partial charge in [0.25, 0.3) is 0 Å². The molecule has 1 amide bonds. The largest absolute Gasteiger partial charge is 0.444 e. The quantitative estimate of drug-likeness (QED) is 0.379. The van der Waals surface area contributed by atoms with Gasteiger partial charge in [-0.3, -0.25) is 14.2 Å². The fraction of sp³-hybridized carbons (Fsp3) is 0.677. The number of ketones is 2. The van der Waals surface area contributed by atoms with Gasteiger partial charge < -0.3 is 24.0 Å². The van der Waals surface area contributed by atoms with Crippen LogP contribution < -0.4 is 4.90 Å². The second-order valence-corrected chi connectivity index (χ2v) is 13.1. The molecule has 4 aliphatic rings. The number of anilines is 1. The molecule has 4 fully saturated rings. The molecule has 2 saturated carbocycles. The van der Waals surface area contributed by atoms with Crippen LogP contribution in [0.2, 0.25) is 0 Å². The van der Waals surface area contributed by atoms with E-state index in [0.29, 0.717) is 83.1 Å². The van der Waals surface area contributed by atoms with Crippen molar-refractivity contribution < 1.29 is 28.6 Å². The molecule has 0 aromatic carbocycles. The minimum atomic E-state index is -0.933. The van der Waals surface area contributed by atoms with Crippen molar-refractivity contribution in [3.63, 3.8) is 0 Å². The summed E-state index contributed by atoms with van der Waals surface area (Å²) in [6.45, 7) is 8.65. The van der Waals surface area contributed by atoms with Gasteiger partial charge in [-0.2, -0.15) is 0 Å². The number of imidazole rings is 1. The van der Waals surface area contributed by atoms with Gasteiger partial charge in [0.15, 0.2) is 11.6 Å². The molecule has 0 radical (unpaired) electrons. The molecule has 2 aliphatic carbocycles. The number of hydrogen-bond acceptors (Lipinski definition) is 10. The number of amides is 1. The smallest absolute Gasteiger partial charge is 0.410 e. The number of aromatic nitrogens is 4. The number of hydrogen-bond donors (Lipinski definition) is 0. The summed E-state index contributed by atoms with van der Waals surface area (Å²) in [6.07, 6.45) is 10.4. The number of carbonyl (C=O) groups is 3. The van der Waals surface area contributed by atoms with Crippen LogP contribution in [0.3, 0.4) is 0 Å². The third-order valence-corrected chi connectivity index (χ3v) is 9.20. The van der Waals surface area contributed by atoms with Gasteiger partial charge in [-0.15, -0.1) is 0 Å². The van der Waals surface area contributed by atoms with E-state index < -0.39 is 22.7 Å². The molecule has 2 spiro atoms. The normalized spacial score (nSPS) is 26.1. The molecule has 0 bridgehead atoms. The van der Waals surface area contributed by atoms with Crippen LogP contribution in [0.25, 0.3) is 5.82 Å². The van der Waals surface area contributed by atoms with Crippen LogP contribution in [0.5, 0.6) is 0 Å². The Kier molecular flexibility index (Phi) is 8.01. The predicted octanol–water partition coefficient (Wildman–Crippen LogP) is 3.96. The van der Waals surface area contributed by atoms with Crippen LogP contribution in [0.15, 0.2) is 24.8 Å². The first-order valence-corrected chi connectivity index (χ1v) is 15.6. The Morgan fingerprint density at radius 2 is 1.70 bits per heavy atom. The van der Waals surface area contributed by atoms with E-state index >= 15 is 0 Å². The maximum absolute atomic E-state index is 14.3. The lowest BCUT2D eigenvalue weighted by molar-refractivity contribution is -0.255. The Bertz CT molecular complexity index is 1350. The number of Topliss-reactive ketones (excluding diaryl/α,β-unsaturated/α-hetero) is 2. The fourth-order valence-corrected chi connectivity index (χ4v) is 7.19. The van der Waals surface area contributed by atoms with Crippen molar-refractivity contribution in [2.75, 3.05) is 44.3 Å². The lowest BCUT2D eigenvalue weighted by Crippen LogP contribution is -2.60. The summed E-state index contributed by atoms with van der Waals surface area (Å²) < 4.78 is 19.7. The first-order chi connectivity index (χ1) is 20.6. The summed E-state index contributed by atoms with van der Waals surface area (Å²) in [7, 11) is 0. The maximum atomic E-state index is 14.3. The molecule has 12 nitrogen and oxygen atoms in total. The molecule has 12 heteroatoms. The summed E-state index contributed by atoms with van der Waals surface area (Å²) in [6, 6.07) is 1.82. The average molecular weight is 595 g/mol. The second kappa shape index (κ2) is 11.6. The van der Waals surface area contributed by atoms with Gasteiger partial charge in [0.05, 0.1) is 24.5 Å². The highest BCUT2D eigenvalue weighted by Crippen LogP contribution is 2.56. The van der Waals surface area contributed by atoms with Crippen LogP contribution in [0, 0.1) is 11.3 Å². The van der Waals surface area contributed by atoms with Crippen LogP contribution in [-0.4, -0.2) is 92.9 Å². The monoisotopic (exact) mass is 594 g/mol. The van der Waals surface area contributed by atoms with Crippen molar-refractivity contribution in [3.05, 3.63) is 30.6 Å². The zero-order valence-electron chi connectivity index (χ0n) is 25.4. The summed E-state index contributed by atoms with van der Waals surface area (Å²) >= 11 is 0. The molecular formula is C31H42N6O6. The van der Waals surface area contributed by atoms with Gasteiger partial charge in [0, 0.05) is 51.1 Å². The molecule has 2 aromatic heterocycles. The van der Waals surface area contributed by atoms with Gasteiger partial charge >= 0.3 is 6.09 Å². The molecule has 2 aromatic rings. The SMILES string of the molecule is CC(C)(C)OC(=O)N1CCCN(c2cc(-n3ccnc3)nc(C(=O)C3CCC[C@@]4(CCCCC45OCCO5)C3=O)n2)CC1. The Morgan fingerprint density at radius 3 is 2.44 bits per heavy atom. The lowest BCUT2D eigenvalue weighted by atomic mass is 9.57. The molecule has 43 heavy (non-hydrogen) atoms. The standard InChI is InChI=1S/C31H42N6O6/c1-29(2,3)43-28(40)36-14-7-13-35(16-17-36)23-20-24(37-15-12-32-21-37)34-27(33-23)25(38)22-8-6-10-30(26(22)39)9-4-5-11-31(30)41-18-19-42-31/h12,15,20-22H,4-11,13-14,16-19H2,1-3H3/t22?,30-/m0/s1. The lowest BCUT2D eigenvalue weighted by Gasteiger charge is -2.51. The van der Waals surface area contributed by atoms with Gasteiger partial charge in [-0.25, -0.2) is 19.7 Å². The predicted molar refractivity (Wildman–Crippen MR) is 156 cm³/mol. The van der Waals surface area contributed by atoms with Crippen molar-refractivity contribution in [2.24, 2.45) is 11.3 Å². The van der Waals surface area contributed by atoms with E-state index in [1.54, 1.807) is 28.2 Å². The molecule has 2 aliphatic heterocycles. The van der Waals surface area contributed by atoms with Crippen molar-refractivity contribution in [1.82, 2.24) is 24.4 Å². The molecule has 1 unspecified atom stereocenters. The number of fused-ring (bicyclic) bond motifs is 1. The zero-order valence-corrected chi connectivity index (χ0v) is 25.4. The summed E-state index contributed by atoms with van der Waals surface area (Å²) in [5.74, 6) is -1.16. The van der Waals surface area contributed by atoms with Gasteiger partial charge in [-0.05, 0) is 52.9 Å². The van der Waals surface area contributed by atoms with E-state index in [-0.39, 0.29) is 23.5 Å². The Labute approximate surface area is 252 Å². The molecular weight excluding hydrogens is 552 g/mol. The van der Waals surface area contributed by atoms with E-state index in [1.165, 1.54) is 0 Å². The van der Waals surface area contributed by atoms with Crippen molar-refractivity contribution in [1.29, 1.82) is 0 Å². The molecule has 6 rings (SSSR count). The molecule has 4 heterocycles. The van der Waals surface area contributed by atoms with E-state index in [4.69, 9.17) is 19.2 Å².